The SMILES string of the molecule is CCc1ncc(S(=O)(=O)NCC(O)CC)[nH]1. The number of nitrogens with zero attached hydrogens (tertiary/aromatic N) is 1. The summed E-state index contributed by atoms with van der Waals surface area (Å²) in [4.78, 5) is 6.61. The molecule has 1 aromatic heterocycles. The summed E-state index contributed by atoms with van der Waals surface area (Å²) < 4.78 is 25.7. The lowest BCUT2D eigenvalue weighted by Gasteiger charge is -2.08. The third-order valence-electron chi connectivity index (χ3n) is 2.21. The number of hydrogen-bond acceptors (Lipinski definition) is 4. The first kappa shape index (κ1) is 13.1. The van der Waals surface area contributed by atoms with Crippen LogP contribution in [0.25, 0.3) is 0 Å². The zero-order chi connectivity index (χ0) is 12.2. The van der Waals surface area contributed by atoms with E-state index < -0.39 is 16.1 Å². The molecule has 16 heavy (non-hydrogen) atoms. The zero-order valence-corrected chi connectivity index (χ0v) is 10.2. The zero-order valence-electron chi connectivity index (χ0n) is 9.40. The predicted octanol–water partition coefficient (Wildman–Crippen LogP) is 0.0213. The Kier molecular flexibility index (Phi) is 4.45. The fourth-order valence-corrected chi connectivity index (χ4v) is 2.10. The summed E-state index contributed by atoms with van der Waals surface area (Å²) in [5, 5.41) is 9.30. The molecule has 1 atom stereocenters. The van der Waals surface area contributed by atoms with Crippen molar-refractivity contribution in [3.05, 3.63) is 12.0 Å². The lowest BCUT2D eigenvalue weighted by molar-refractivity contribution is 0.174. The van der Waals surface area contributed by atoms with Crippen molar-refractivity contribution in [1.29, 1.82) is 0 Å². The van der Waals surface area contributed by atoms with Gasteiger partial charge in [-0.1, -0.05) is 13.8 Å². The number of aromatic nitrogens is 2. The molecule has 92 valence electrons. The van der Waals surface area contributed by atoms with Gasteiger partial charge in [0.15, 0.2) is 5.03 Å². The van der Waals surface area contributed by atoms with Crippen LogP contribution in [0.5, 0.6) is 0 Å². The van der Waals surface area contributed by atoms with Gasteiger partial charge in [-0.2, -0.15) is 0 Å². The van der Waals surface area contributed by atoms with E-state index in [0.29, 0.717) is 18.7 Å². The summed E-state index contributed by atoms with van der Waals surface area (Å²) in [6.07, 6.45) is 1.77. The summed E-state index contributed by atoms with van der Waals surface area (Å²) in [7, 11) is -3.58. The molecule has 6 nitrogen and oxygen atoms in total. The highest BCUT2D eigenvalue weighted by atomic mass is 32.2. The van der Waals surface area contributed by atoms with E-state index in [0.717, 1.165) is 0 Å². The number of rotatable bonds is 6. The lowest BCUT2D eigenvalue weighted by Crippen LogP contribution is -2.32. The average molecular weight is 247 g/mol. The number of aliphatic hydroxyl groups is 1. The van der Waals surface area contributed by atoms with Crippen LogP contribution in [-0.2, 0) is 16.4 Å². The highest BCUT2D eigenvalue weighted by Crippen LogP contribution is 2.05. The summed E-state index contributed by atoms with van der Waals surface area (Å²) >= 11 is 0. The molecule has 0 aromatic carbocycles. The predicted molar refractivity (Wildman–Crippen MR) is 59.5 cm³/mol. The van der Waals surface area contributed by atoms with Gasteiger partial charge in [-0.15, -0.1) is 0 Å². The van der Waals surface area contributed by atoms with Gasteiger partial charge in [0.1, 0.15) is 5.82 Å². The van der Waals surface area contributed by atoms with Gasteiger partial charge in [-0.25, -0.2) is 18.1 Å². The Morgan fingerprint density at radius 2 is 2.25 bits per heavy atom. The van der Waals surface area contributed by atoms with Crippen molar-refractivity contribution in [1.82, 2.24) is 14.7 Å². The highest BCUT2D eigenvalue weighted by molar-refractivity contribution is 7.89. The summed E-state index contributed by atoms with van der Waals surface area (Å²) in [6, 6.07) is 0. The molecule has 0 bridgehead atoms. The van der Waals surface area contributed by atoms with Gasteiger partial charge in [0, 0.05) is 13.0 Å². The third kappa shape index (κ3) is 3.29. The fraction of sp³-hybridized carbons (Fsp3) is 0.667. The van der Waals surface area contributed by atoms with Crippen LogP contribution in [-0.4, -0.2) is 36.1 Å². The second-order valence-corrected chi connectivity index (χ2v) is 5.20. The van der Waals surface area contributed by atoms with Gasteiger partial charge in [0.25, 0.3) is 10.0 Å². The van der Waals surface area contributed by atoms with Crippen molar-refractivity contribution < 1.29 is 13.5 Å². The lowest BCUT2D eigenvalue weighted by atomic mass is 10.3. The standard InChI is InChI=1S/C9H17N3O3S/c1-3-7(13)5-11-16(14,15)9-6-10-8(4-2)12-9/h6-7,11,13H,3-5H2,1-2H3,(H,10,12). The molecule has 0 amide bonds. The van der Waals surface area contributed by atoms with Gasteiger partial charge >= 0.3 is 0 Å². The second kappa shape index (κ2) is 5.42. The van der Waals surface area contributed by atoms with E-state index in [4.69, 9.17) is 0 Å². The van der Waals surface area contributed by atoms with Crippen molar-refractivity contribution in [3.63, 3.8) is 0 Å². The van der Waals surface area contributed by atoms with Crippen LogP contribution in [0.3, 0.4) is 0 Å². The number of imidazole rings is 1. The first-order valence-corrected chi connectivity index (χ1v) is 6.69. The first-order chi connectivity index (χ1) is 7.49. The van der Waals surface area contributed by atoms with Gasteiger partial charge in [-0.05, 0) is 6.42 Å². The molecule has 7 heteroatoms. The number of aryl methyl sites for hydroxylation is 1. The molecule has 0 saturated heterocycles. The van der Waals surface area contributed by atoms with E-state index in [1.807, 2.05) is 6.92 Å². The van der Waals surface area contributed by atoms with Gasteiger partial charge < -0.3 is 10.1 Å². The van der Waals surface area contributed by atoms with Crippen molar-refractivity contribution in [2.45, 2.75) is 37.8 Å². The molecule has 0 aliphatic carbocycles. The normalized spacial score (nSPS) is 13.9. The highest BCUT2D eigenvalue weighted by Gasteiger charge is 2.17. The maximum absolute atomic E-state index is 11.7. The molecule has 1 rings (SSSR count). The van der Waals surface area contributed by atoms with Crippen LogP contribution in [0.4, 0.5) is 0 Å². The van der Waals surface area contributed by atoms with E-state index in [-0.39, 0.29) is 11.6 Å². The van der Waals surface area contributed by atoms with Gasteiger partial charge in [0.2, 0.25) is 0 Å². The minimum Gasteiger partial charge on any atom is -0.392 e. The van der Waals surface area contributed by atoms with Crippen LogP contribution in [0, 0.1) is 0 Å². The molecular formula is C9H17N3O3S. The van der Waals surface area contributed by atoms with Crippen LogP contribution in [0.15, 0.2) is 11.2 Å². The Bertz CT molecular complexity index is 427. The fourth-order valence-electron chi connectivity index (χ4n) is 1.09. The molecule has 0 aliphatic rings. The molecule has 0 fully saturated rings. The van der Waals surface area contributed by atoms with Gasteiger partial charge in [-0.3, -0.25) is 0 Å². The number of sulfonamides is 1. The van der Waals surface area contributed by atoms with E-state index in [1.165, 1.54) is 6.20 Å². The first-order valence-electron chi connectivity index (χ1n) is 5.21. The van der Waals surface area contributed by atoms with Crippen LogP contribution in [0.2, 0.25) is 0 Å². The third-order valence-corrected chi connectivity index (χ3v) is 3.54. The number of H-pyrrole nitrogens is 1. The smallest absolute Gasteiger partial charge is 0.257 e. The van der Waals surface area contributed by atoms with Crippen LogP contribution < -0.4 is 4.72 Å². The number of aromatic amines is 1. The molecular weight excluding hydrogens is 230 g/mol. The number of aliphatic hydroxyl groups excluding tert-OH is 1. The number of hydrogen-bond donors (Lipinski definition) is 3. The molecule has 0 saturated carbocycles. The molecule has 0 spiro atoms. The molecule has 0 aliphatic heterocycles. The topological polar surface area (TPSA) is 95.1 Å². The minimum absolute atomic E-state index is 0.0132. The van der Waals surface area contributed by atoms with Crippen molar-refractivity contribution >= 4 is 10.0 Å². The maximum Gasteiger partial charge on any atom is 0.257 e. The van der Waals surface area contributed by atoms with E-state index in [2.05, 4.69) is 14.7 Å². The Balaban J connectivity index is 2.70. The Morgan fingerprint density at radius 1 is 1.56 bits per heavy atom. The maximum atomic E-state index is 11.7. The summed E-state index contributed by atoms with van der Waals surface area (Å²) in [5.41, 5.74) is 0. The van der Waals surface area contributed by atoms with Crippen molar-refractivity contribution in [2.75, 3.05) is 6.54 Å². The summed E-state index contributed by atoms with van der Waals surface area (Å²) in [5.74, 6) is 0.622. The Labute approximate surface area is 95.2 Å². The monoisotopic (exact) mass is 247 g/mol. The average Bonchev–Trinajstić information content (AvgIpc) is 2.75. The van der Waals surface area contributed by atoms with Gasteiger partial charge in [0.05, 0.1) is 12.3 Å². The molecule has 1 heterocycles. The largest absolute Gasteiger partial charge is 0.392 e. The molecule has 0 radical (unpaired) electrons. The van der Waals surface area contributed by atoms with E-state index in [1.54, 1.807) is 6.92 Å². The molecule has 3 N–H and O–H groups in total. The van der Waals surface area contributed by atoms with E-state index >= 15 is 0 Å². The minimum atomic E-state index is -3.58. The Hall–Kier alpha value is -0.920. The summed E-state index contributed by atoms with van der Waals surface area (Å²) in [6.45, 7) is 3.67. The number of nitrogens with one attached hydrogen (secondary N) is 2. The quantitative estimate of drug-likeness (QED) is 0.660. The van der Waals surface area contributed by atoms with E-state index in [9.17, 15) is 13.5 Å². The molecule has 1 unspecified atom stereocenters. The van der Waals surface area contributed by atoms with Crippen LogP contribution >= 0.6 is 0 Å². The van der Waals surface area contributed by atoms with Crippen LogP contribution in [0.1, 0.15) is 26.1 Å². The van der Waals surface area contributed by atoms with Crippen molar-refractivity contribution in [3.8, 4) is 0 Å². The Morgan fingerprint density at radius 3 is 2.75 bits per heavy atom. The van der Waals surface area contributed by atoms with Crippen molar-refractivity contribution in [2.24, 2.45) is 0 Å². The molecule has 1 aromatic rings. The second-order valence-electron chi connectivity index (χ2n) is 3.46.